The fraction of sp³-hybridized carbons (Fsp3) is 0.846. The number of aliphatic carboxylic acids is 1. The maximum absolute atomic E-state index is 12.1. The summed E-state index contributed by atoms with van der Waals surface area (Å²) in [5, 5.41) is 11.7. The van der Waals surface area contributed by atoms with Gasteiger partial charge in [0.15, 0.2) is 0 Å². The fourth-order valence-electron chi connectivity index (χ4n) is 2.28. The molecule has 0 aromatic carbocycles. The lowest BCUT2D eigenvalue weighted by atomic mass is 10.1. The number of carbonyl (C=O) groups excluding carboxylic acids is 1. The molecule has 2 atom stereocenters. The first-order valence-electron chi connectivity index (χ1n) is 6.89. The SMILES string of the molecule is COCCCC(NC(=O)N1CCC(N(C)C)C1)C(=O)O. The largest absolute Gasteiger partial charge is 0.480 e. The minimum atomic E-state index is -1.00. The molecular formula is C13H25N3O4. The van der Waals surface area contributed by atoms with Crippen LogP contribution in [0.25, 0.3) is 0 Å². The number of ether oxygens (including phenoxy) is 1. The molecule has 1 aliphatic rings. The van der Waals surface area contributed by atoms with Crippen molar-refractivity contribution in [3.8, 4) is 0 Å². The minimum Gasteiger partial charge on any atom is -0.480 e. The molecule has 1 fully saturated rings. The standard InChI is InChI=1S/C13H25N3O4/c1-15(2)10-6-7-16(9-10)13(19)14-11(12(17)18)5-4-8-20-3/h10-11H,4-9H2,1-3H3,(H,14,19)(H,17,18). The Kier molecular flexibility index (Phi) is 6.74. The molecule has 0 bridgehead atoms. The topological polar surface area (TPSA) is 82.1 Å². The van der Waals surface area contributed by atoms with Gasteiger partial charge in [0.2, 0.25) is 0 Å². The van der Waals surface area contributed by atoms with Gasteiger partial charge >= 0.3 is 12.0 Å². The van der Waals surface area contributed by atoms with Gasteiger partial charge in [-0.05, 0) is 33.4 Å². The summed E-state index contributed by atoms with van der Waals surface area (Å²) in [5.74, 6) is -1.00. The summed E-state index contributed by atoms with van der Waals surface area (Å²) in [6, 6.07) is -0.798. The van der Waals surface area contributed by atoms with Gasteiger partial charge in [-0.1, -0.05) is 0 Å². The van der Waals surface area contributed by atoms with E-state index in [4.69, 9.17) is 9.84 Å². The summed E-state index contributed by atoms with van der Waals surface area (Å²) in [6.45, 7) is 1.80. The lowest BCUT2D eigenvalue weighted by Crippen LogP contribution is -2.48. The Labute approximate surface area is 119 Å². The molecule has 1 aliphatic heterocycles. The second-order valence-electron chi connectivity index (χ2n) is 5.33. The highest BCUT2D eigenvalue weighted by atomic mass is 16.5. The van der Waals surface area contributed by atoms with Crippen molar-refractivity contribution in [1.82, 2.24) is 15.1 Å². The Morgan fingerprint density at radius 1 is 1.50 bits per heavy atom. The van der Waals surface area contributed by atoms with Gasteiger partial charge in [-0.15, -0.1) is 0 Å². The van der Waals surface area contributed by atoms with E-state index >= 15 is 0 Å². The zero-order valence-corrected chi connectivity index (χ0v) is 12.5. The van der Waals surface area contributed by atoms with Crippen LogP contribution in [0.1, 0.15) is 19.3 Å². The summed E-state index contributed by atoms with van der Waals surface area (Å²) >= 11 is 0. The molecule has 0 saturated carbocycles. The molecule has 0 aromatic rings. The minimum absolute atomic E-state index is 0.292. The number of hydrogen-bond acceptors (Lipinski definition) is 4. The van der Waals surface area contributed by atoms with Gasteiger partial charge in [-0.25, -0.2) is 9.59 Å². The Balaban J connectivity index is 2.44. The van der Waals surface area contributed by atoms with Crippen LogP contribution in [0.15, 0.2) is 0 Å². The van der Waals surface area contributed by atoms with Crippen LogP contribution in [-0.2, 0) is 9.53 Å². The van der Waals surface area contributed by atoms with Crippen LogP contribution < -0.4 is 5.32 Å². The van der Waals surface area contributed by atoms with Crippen molar-refractivity contribution in [1.29, 1.82) is 0 Å². The number of nitrogens with one attached hydrogen (secondary N) is 1. The van der Waals surface area contributed by atoms with Gasteiger partial charge in [-0.3, -0.25) is 0 Å². The molecule has 0 radical (unpaired) electrons. The lowest BCUT2D eigenvalue weighted by molar-refractivity contribution is -0.139. The van der Waals surface area contributed by atoms with E-state index < -0.39 is 12.0 Å². The van der Waals surface area contributed by atoms with Gasteiger partial charge in [0.25, 0.3) is 0 Å². The zero-order valence-electron chi connectivity index (χ0n) is 12.5. The first-order valence-corrected chi connectivity index (χ1v) is 6.89. The lowest BCUT2D eigenvalue weighted by Gasteiger charge is -2.22. The Bertz CT molecular complexity index is 336. The number of likely N-dealkylation sites (N-methyl/N-ethyl adjacent to an activating group) is 1. The molecule has 20 heavy (non-hydrogen) atoms. The van der Waals surface area contributed by atoms with Crippen molar-refractivity contribution in [2.24, 2.45) is 0 Å². The molecule has 1 saturated heterocycles. The van der Waals surface area contributed by atoms with Gasteiger partial charge in [0.1, 0.15) is 6.04 Å². The van der Waals surface area contributed by atoms with E-state index in [0.717, 1.165) is 6.42 Å². The average Bonchev–Trinajstić information content (AvgIpc) is 2.87. The highest BCUT2D eigenvalue weighted by molar-refractivity contribution is 5.82. The van der Waals surface area contributed by atoms with Gasteiger partial charge < -0.3 is 25.0 Å². The highest BCUT2D eigenvalue weighted by Gasteiger charge is 2.29. The molecule has 116 valence electrons. The second-order valence-corrected chi connectivity index (χ2v) is 5.33. The highest BCUT2D eigenvalue weighted by Crippen LogP contribution is 2.13. The third-order valence-electron chi connectivity index (χ3n) is 3.62. The van der Waals surface area contributed by atoms with E-state index in [0.29, 0.717) is 38.6 Å². The summed E-state index contributed by atoms with van der Waals surface area (Å²) in [5.41, 5.74) is 0. The predicted molar refractivity (Wildman–Crippen MR) is 74.7 cm³/mol. The number of urea groups is 1. The van der Waals surface area contributed by atoms with Crippen LogP contribution in [0.2, 0.25) is 0 Å². The quantitative estimate of drug-likeness (QED) is 0.654. The van der Waals surface area contributed by atoms with Gasteiger partial charge in [-0.2, -0.15) is 0 Å². The Morgan fingerprint density at radius 3 is 2.70 bits per heavy atom. The second kappa shape index (κ2) is 8.06. The summed E-state index contributed by atoms with van der Waals surface area (Å²) in [4.78, 5) is 27.0. The molecule has 0 aromatic heterocycles. The number of carboxylic acid groups (broad SMARTS) is 1. The Hall–Kier alpha value is -1.34. The maximum atomic E-state index is 12.1. The first kappa shape index (κ1) is 16.7. The number of likely N-dealkylation sites (tertiary alicyclic amines) is 1. The smallest absolute Gasteiger partial charge is 0.326 e. The summed E-state index contributed by atoms with van der Waals surface area (Å²) < 4.78 is 4.90. The number of nitrogens with zero attached hydrogens (tertiary/aromatic N) is 2. The van der Waals surface area contributed by atoms with E-state index in [1.165, 1.54) is 0 Å². The van der Waals surface area contributed by atoms with Crippen LogP contribution in [0.3, 0.4) is 0 Å². The zero-order chi connectivity index (χ0) is 15.1. The average molecular weight is 287 g/mol. The van der Waals surface area contributed by atoms with Crippen LogP contribution in [0.5, 0.6) is 0 Å². The van der Waals surface area contributed by atoms with Crippen LogP contribution in [0, 0.1) is 0 Å². The molecule has 1 heterocycles. The number of amides is 2. The third-order valence-corrected chi connectivity index (χ3v) is 3.62. The molecule has 2 amide bonds. The van der Waals surface area contributed by atoms with E-state index in [-0.39, 0.29) is 6.03 Å². The van der Waals surface area contributed by atoms with E-state index in [1.54, 1.807) is 12.0 Å². The molecule has 1 rings (SSSR count). The number of methoxy groups -OCH3 is 1. The predicted octanol–water partition coefficient (Wildman–Crippen LogP) is 0.212. The van der Waals surface area contributed by atoms with E-state index in [2.05, 4.69) is 10.2 Å². The van der Waals surface area contributed by atoms with Crippen molar-refractivity contribution in [3.05, 3.63) is 0 Å². The number of rotatable bonds is 7. The molecule has 2 unspecified atom stereocenters. The van der Waals surface area contributed by atoms with Gasteiger partial charge in [0.05, 0.1) is 0 Å². The van der Waals surface area contributed by atoms with Crippen molar-refractivity contribution < 1.29 is 19.4 Å². The van der Waals surface area contributed by atoms with Crippen LogP contribution in [0.4, 0.5) is 4.79 Å². The summed E-state index contributed by atoms with van der Waals surface area (Å²) in [6.07, 6.45) is 1.90. The van der Waals surface area contributed by atoms with Crippen molar-refractivity contribution in [2.75, 3.05) is 40.9 Å². The van der Waals surface area contributed by atoms with E-state index in [9.17, 15) is 9.59 Å². The molecule has 7 nitrogen and oxygen atoms in total. The number of hydrogen-bond donors (Lipinski definition) is 2. The van der Waals surface area contributed by atoms with Crippen LogP contribution in [-0.4, -0.2) is 79.9 Å². The molecule has 2 N–H and O–H groups in total. The fourth-order valence-corrected chi connectivity index (χ4v) is 2.28. The van der Waals surface area contributed by atoms with Crippen LogP contribution >= 0.6 is 0 Å². The third kappa shape index (κ3) is 4.97. The normalized spacial score (nSPS) is 20.2. The molecule has 0 spiro atoms. The van der Waals surface area contributed by atoms with Crippen molar-refractivity contribution in [2.45, 2.75) is 31.3 Å². The van der Waals surface area contributed by atoms with Crippen molar-refractivity contribution in [3.63, 3.8) is 0 Å². The molecular weight excluding hydrogens is 262 g/mol. The monoisotopic (exact) mass is 287 g/mol. The number of carbonyl (C=O) groups is 2. The maximum Gasteiger partial charge on any atom is 0.326 e. The van der Waals surface area contributed by atoms with Gasteiger partial charge in [0, 0.05) is 32.8 Å². The van der Waals surface area contributed by atoms with E-state index in [1.807, 2.05) is 14.1 Å². The van der Waals surface area contributed by atoms with Crippen molar-refractivity contribution >= 4 is 12.0 Å². The Morgan fingerprint density at radius 2 is 2.20 bits per heavy atom. The molecule has 0 aliphatic carbocycles. The first-order chi connectivity index (χ1) is 9.45. The summed E-state index contributed by atoms with van der Waals surface area (Å²) in [7, 11) is 5.54. The molecule has 7 heteroatoms. The number of carboxylic acids is 1.